The van der Waals surface area contributed by atoms with E-state index in [4.69, 9.17) is 9.47 Å². The molecule has 0 atom stereocenters. The van der Waals surface area contributed by atoms with Crippen molar-refractivity contribution in [3.05, 3.63) is 71.8 Å². The number of ether oxygens (including phenoxy) is 2. The maximum atomic E-state index is 11.9. The molecule has 4 heteroatoms. The van der Waals surface area contributed by atoms with Gasteiger partial charge in [0.05, 0.1) is 13.2 Å². The summed E-state index contributed by atoms with van der Waals surface area (Å²) in [5.74, 6) is 0.218. The minimum atomic E-state index is -0.930. The molecule has 0 saturated carbocycles. The molecule has 4 nitrogen and oxygen atoms in total. The third-order valence-electron chi connectivity index (χ3n) is 6.21. The van der Waals surface area contributed by atoms with E-state index in [2.05, 4.69) is 29.2 Å². The topological polar surface area (TPSA) is 41.9 Å². The summed E-state index contributed by atoms with van der Waals surface area (Å²) in [7, 11) is 0. The van der Waals surface area contributed by atoms with Gasteiger partial charge in [-0.25, -0.2) is 0 Å². The minimum absolute atomic E-state index is 0.00112. The highest BCUT2D eigenvalue weighted by atomic mass is 16.7. The normalized spacial score (nSPS) is 19.9. The Morgan fingerprint density at radius 1 is 0.857 bits per heavy atom. The Hall–Kier alpha value is -1.72. The molecule has 28 heavy (non-hydrogen) atoms. The molecule has 0 aliphatic carbocycles. The monoisotopic (exact) mass is 381 g/mol. The first kappa shape index (κ1) is 19.6. The van der Waals surface area contributed by atoms with E-state index in [-0.39, 0.29) is 12.2 Å². The molecule has 2 heterocycles. The summed E-state index contributed by atoms with van der Waals surface area (Å²) < 4.78 is 11.1. The first-order valence-electron chi connectivity index (χ1n) is 10.6. The smallest absolute Gasteiger partial charge is 0.157 e. The Morgan fingerprint density at radius 3 is 1.93 bits per heavy atom. The summed E-state index contributed by atoms with van der Waals surface area (Å²) in [5.41, 5.74) is 1.06. The summed E-state index contributed by atoms with van der Waals surface area (Å²) in [6.45, 7) is 4.59. The number of rotatable bonds is 7. The van der Waals surface area contributed by atoms with Crippen LogP contribution in [-0.4, -0.2) is 49.1 Å². The van der Waals surface area contributed by atoms with Crippen LogP contribution >= 0.6 is 0 Å². The highest BCUT2D eigenvalue weighted by molar-refractivity contribution is 5.37. The number of nitrogens with zero attached hydrogens (tertiary/aromatic N) is 1. The molecule has 0 spiro atoms. The van der Waals surface area contributed by atoms with Gasteiger partial charge < -0.3 is 19.5 Å². The van der Waals surface area contributed by atoms with Gasteiger partial charge in [0.2, 0.25) is 0 Å². The molecule has 0 aromatic heterocycles. The summed E-state index contributed by atoms with van der Waals surface area (Å²) in [6.07, 6.45) is 4.06. The van der Waals surface area contributed by atoms with Gasteiger partial charge in [0.1, 0.15) is 5.60 Å². The lowest BCUT2D eigenvalue weighted by Crippen LogP contribution is -2.44. The molecule has 2 saturated heterocycles. The van der Waals surface area contributed by atoms with Crippen LogP contribution in [0.5, 0.6) is 0 Å². The lowest BCUT2D eigenvalue weighted by atomic mass is 9.72. The van der Waals surface area contributed by atoms with Crippen molar-refractivity contribution in [1.82, 2.24) is 4.90 Å². The van der Waals surface area contributed by atoms with Gasteiger partial charge >= 0.3 is 0 Å². The predicted molar refractivity (Wildman–Crippen MR) is 110 cm³/mol. The second kappa shape index (κ2) is 9.19. The maximum Gasteiger partial charge on any atom is 0.157 e. The molecule has 0 radical (unpaired) electrons. The van der Waals surface area contributed by atoms with Crippen molar-refractivity contribution in [2.75, 3.05) is 32.8 Å². The highest BCUT2D eigenvalue weighted by Crippen LogP contribution is 2.41. The summed E-state index contributed by atoms with van der Waals surface area (Å²) in [4.78, 5) is 2.52. The van der Waals surface area contributed by atoms with E-state index >= 15 is 0 Å². The Balaban J connectivity index is 1.40. The largest absolute Gasteiger partial charge is 0.380 e. The van der Waals surface area contributed by atoms with Crippen LogP contribution in [0.3, 0.4) is 0 Å². The fourth-order valence-corrected chi connectivity index (χ4v) is 4.65. The van der Waals surface area contributed by atoms with Gasteiger partial charge in [-0.3, -0.25) is 0 Å². The molecule has 1 N–H and O–H groups in total. The lowest BCUT2D eigenvalue weighted by molar-refractivity contribution is -0.0503. The van der Waals surface area contributed by atoms with Crippen molar-refractivity contribution in [2.24, 2.45) is 5.92 Å². The van der Waals surface area contributed by atoms with Gasteiger partial charge in [-0.1, -0.05) is 60.7 Å². The van der Waals surface area contributed by atoms with Crippen LogP contribution in [-0.2, 0) is 15.1 Å². The van der Waals surface area contributed by atoms with Gasteiger partial charge in [-0.15, -0.1) is 0 Å². The number of aliphatic hydroxyl groups is 1. The van der Waals surface area contributed by atoms with Crippen molar-refractivity contribution >= 4 is 0 Å². The Bertz CT molecular complexity index is 668. The molecule has 2 aromatic carbocycles. The van der Waals surface area contributed by atoms with E-state index in [0.29, 0.717) is 0 Å². The molecule has 0 unspecified atom stereocenters. The van der Waals surface area contributed by atoms with Crippen LogP contribution in [0.4, 0.5) is 0 Å². The first-order chi connectivity index (χ1) is 13.8. The zero-order valence-corrected chi connectivity index (χ0v) is 16.5. The van der Waals surface area contributed by atoms with Crippen LogP contribution in [0.2, 0.25) is 0 Å². The fourth-order valence-electron chi connectivity index (χ4n) is 4.65. The van der Waals surface area contributed by atoms with E-state index in [1.165, 1.54) is 0 Å². The van der Waals surface area contributed by atoms with E-state index in [1.807, 2.05) is 36.4 Å². The average molecular weight is 382 g/mol. The first-order valence-corrected chi connectivity index (χ1v) is 10.6. The van der Waals surface area contributed by atoms with E-state index in [0.717, 1.165) is 69.7 Å². The lowest BCUT2D eigenvalue weighted by Gasteiger charge is -2.42. The number of piperidine rings is 1. The number of hydrogen-bond donors (Lipinski definition) is 1. The molecule has 2 aliphatic rings. The molecule has 2 fully saturated rings. The molecule has 0 amide bonds. The van der Waals surface area contributed by atoms with Gasteiger partial charge in [-0.2, -0.15) is 0 Å². The van der Waals surface area contributed by atoms with Crippen LogP contribution in [0.1, 0.15) is 36.8 Å². The molecule has 4 rings (SSSR count). The van der Waals surface area contributed by atoms with Crippen molar-refractivity contribution in [3.63, 3.8) is 0 Å². The summed E-state index contributed by atoms with van der Waals surface area (Å²) in [6, 6.07) is 20.3. The van der Waals surface area contributed by atoms with Crippen LogP contribution in [0.25, 0.3) is 0 Å². The van der Waals surface area contributed by atoms with E-state index in [9.17, 15) is 5.11 Å². The second-order valence-electron chi connectivity index (χ2n) is 7.93. The van der Waals surface area contributed by atoms with E-state index in [1.54, 1.807) is 0 Å². The minimum Gasteiger partial charge on any atom is -0.380 e. The van der Waals surface area contributed by atoms with Gasteiger partial charge in [-0.05, 0) is 62.4 Å². The predicted octanol–water partition coefficient (Wildman–Crippen LogP) is 3.79. The Kier molecular flexibility index (Phi) is 6.43. The number of likely N-dealkylation sites (tertiary alicyclic amines) is 1. The highest BCUT2D eigenvalue weighted by Gasteiger charge is 2.41. The van der Waals surface area contributed by atoms with Crippen molar-refractivity contribution < 1.29 is 14.6 Å². The quantitative estimate of drug-likeness (QED) is 0.792. The van der Waals surface area contributed by atoms with Crippen LogP contribution in [0, 0.1) is 5.92 Å². The zero-order chi connectivity index (χ0) is 19.2. The number of benzene rings is 2. The van der Waals surface area contributed by atoms with Crippen molar-refractivity contribution in [1.29, 1.82) is 0 Å². The Morgan fingerprint density at radius 2 is 1.39 bits per heavy atom. The van der Waals surface area contributed by atoms with Crippen molar-refractivity contribution in [3.8, 4) is 0 Å². The SMILES string of the molecule is OC(c1ccccc1)(c1ccccc1)C1CCN(CCCC2OCCO2)CC1. The van der Waals surface area contributed by atoms with Crippen LogP contribution < -0.4 is 0 Å². The maximum absolute atomic E-state index is 11.9. The molecule has 2 aliphatic heterocycles. The third-order valence-corrected chi connectivity index (χ3v) is 6.21. The second-order valence-corrected chi connectivity index (χ2v) is 7.93. The molecular formula is C24H31NO3. The summed E-state index contributed by atoms with van der Waals surface area (Å²) >= 11 is 0. The zero-order valence-electron chi connectivity index (χ0n) is 16.5. The van der Waals surface area contributed by atoms with Crippen molar-refractivity contribution in [2.45, 2.75) is 37.6 Å². The Labute approximate surface area is 168 Å². The molecule has 0 bridgehead atoms. The molecule has 2 aromatic rings. The van der Waals surface area contributed by atoms with Gasteiger partial charge in [0.15, 0.2) is 6.29 Å². The molecule has 150 valence electrons. The fraction of sp³-hybridized carbons (Fsp3) is 0.500. The number of hydrogen-bond acceptors (Lipinski definition) is 4. The summed E-state index contributed by atoms with van der Waals surface area (Å²) in [5, 5.41) is 11.9. The van der Waals surface area contributed by atoms with E-state index < -0.39 is 5.60 Å². The van der Waals surface area contributed by atoms with Crippen LogP contribution in [0.15, 0.2) is 60.7 Å². The molecular weight excluding hydrogens is 350 g/mol. The standard InChI is InChI=1S/C24H31NO3/c26-24(20-8-3-1-4-9-20,21-10-5-2-6-11-21)22-13-16-25(17-14-22)15-7-12-23-27-18-19-28-23/h1-6,8-11,22-23,26H,7,12-19H2. The van der Waals surface area contributed by atoms with Gasteiger partial charge in [0.25, 0.3) is 0 Å². The average Bonchev–Trinajstić information content (AvgIpc) is 3.28. The van der Waals surface area contributed by atoms with Gasteiger partial charge in [0, 0.05) is 0 Å². The third kappa shape index (κ3) is 4.31.